The number of halogens is 9. The lowest BCUT2D eigenvalue weighted by Crippen LogP contribution is -2.65. The van der Waals surface area contributed by atoms with Gasteiger partial charge in [-0.15, -0.1) is 0 Å². The van der Waals surface area contributed by atoms with Crippen LogP contribution in [0, 0.1) is 11.3 Å². The fourth-order valence-corrected chi connectivity index (χ4v) is 6.15. The van der Waals surface area contributed by atoms with Gasteiger partial charge in [-0.3, -0.25) is 14.4 Å². The Bertz CT molecular complexity index is 2090. The van der Waals surface area contributed by atoms with Crippen LogP contribution in [0.4, 0.5) is 39.5 Å². The second-order valence-electron chi connectivity index (χ2n) is 13.5. The summed E-state index contributed by atoms with van der Waals surface area (Å²) in [6.45, 7) is 4.78. The fraction of sp³-hybridized carbons (Fsp3) is 0.471. The SMILES string of the molecule is CC(C)NC(=O)c1cc(O[C@H]2CC[C@@H](N3CC(CC#N)(n4cc(-c5ncnc6[nH]ccc56)cn4)C3)CC2)nc(C(F)(F)F)c1.O=C(O)C(F)(F)F.O=C(O)C(F)(F)F. The number of likely N-dealkylation sites (tertiary alicyclic amines) is 1. The maximum absolute atomic E-state index is 13.5. The normalized spacial score (nSPS) is 18.1. The molecule has 0 unspecified atom stereocenters. The quantitative estimate of drug-likeness (QED) is 0.152. The van der Waals surface area contributed by atoms with Crippen molar-refractivity contribution in [2.24, 2.45) is 0 Å². The molecule has 1 saturated heterocycles. The molecule has 0 bridgehead atoms. The molecule has 314 valence electrons. The first kappa shape index (κ1) is 44.7. The van der Waals surface area contributed by atoms with Crippen molar-refractivity contribution in [3.8, 4) is 23.2 Å². The molecule has 5 heterocycles. The number of fused-ring (bicyclic) bond motifs is 1. The highest BCUT2D eigenvalue weighted by molar-refractivity contribution is 5.94. The van der Waals surface area contributed by atoms with Gasteiger partial charge in [0.05, 0.1) is 24.4 Å². The van der Waals surface area contributed by atoms with Gasteiger partial charge in [0.25, 0.3) is 5.91 Å². The van der Waals surface area contributed by atoms with Gasteiger partial charge in [-0.1, -0.05) is 0 Å². The number of H-pyrrole nitrogens is 1. The zero-order chi connectivity index (χ0) is 43.2. The molecule has 0 aromatic carbocycles. The van der Waals surface area contributed by atoms with Crippen molar-refractivity contribution in [1.82, 2.24) is 39.9 Å². The number of nitriles is 1. The van der Waals surface area contributed by atoms with Crippen molar-refractivity contribution in [2.75, 3.05) is 13.1 Å². The highest BCUT2D eigenvalue weighted by atomic mass is 19.4. The molecule has 24 heteroatoms. The summed E-state index contributed by atoms with van der Waals surface area (Å²) >= 11 is 0. The zero-order valence-electron chi connectivity index (χ0n) is 30.3. The van der Waals surface area contributed by atoms with E-state index in [0.29, 0.717) is 32.4 Å². The Labute approximate surface area is 321 Å². The third kappa shape index (κ3) is 11.3. The largest absolute Gasteiger partial charge is 0.490 e. The van der Waals surface area contributed by atoms with Gasteiger partial charge in [0.1, 0.15) is 29.3 Å². The number of aliphatic carboxylic acids is 2. The summed E-state index contributed by atoms with van der Waals surface area (Å²) in [5, 5.41) is 32.0. The molecule has 0 atom stereocenters. The number of hydrogen-bond donors (Lipinski definition) is 4. The number of hydrogen-bond acceptors (Lipinski definition) is 10. The third-order valence-corrected chi connectivity index (χ3v) is 8.81. The van der Waals surface area contributed by atoms with Crippen molar-refractivity contribution in [3.63, 3.8) is 0 Å². The van der Waals surface area contributed by atoms with Gasteiger partial charge in [0.15, 0.2) is 0 Å². The Kier molecular flexibility index (Phi) is 13.6. The molecular weight excluding hydrogens is 801 g/mol. The van der Waals surface area contributed by atoms with Crippen LogP contribution in [0.2, 0.25) is 0 Å². The van der Waals surface area contributed by atoms with E-state index in [9.17, 15) is 49.6 Å². The monoisotopic (exact) mass is 835 g/mol. The maximum Gasteiger partial charge on any atom is 0.490 e. The minimum atomic E-state index is -5.08. The van der Waals surface area contributed by atoms with Crippen LogP contribution in [0.3, 0.4) is 0 Å². The molecule has 15 nitrogen and oxygen atoms in total. The van der Waals surface area contributed by atoms with Crippen LogP contribution in [-0.2, 0) is 21.3 Å². The van der Waals surface area contributed by atoms with Gasteiger partial charge in [0, 0.05) is 60.1 Å². The van der Waals surface area contributed by atoms with Gasteiger partial charge in [-0.25, -0.2) is 24.5 Å². The average Bonchev–Trinajstić information content (AvgIpc) is 3.80. The van der Waals surface area contributed by atoms with Crippen LogP contribution >= 0.6 is 0 Å². The minimum Gasteiger partial charge on any atom is -0.475 e. The molecule has 58 heavy (non-hydrogen) atoms. The Hall–Kier alpha value is -5.99. The number of carbonyl (C=O) groups is 3. The molecule has 4 N–H and O–H groups in total. The van der Waals surface area contributed by atoms with Gasteiger partial charge in [-0.2, -0.15) is 49.9 Å². The van der Waals surface area contributed by atoms with Crippen LogP contribution in [0.1, 0.15) is 62.0 Å². The summed E-state index contributed by atoms with van der Waals surface area (Å²) in [7, 11) is 0. The highest BCUT2D eigenvalue weighted by Gasteiger charge is 2.48. The molecule has 0 spiro atoms. The number of nitrogens with one attached hydrogen (secondary N) is 2. The number of pyridine rings is 1. The molecule has 6 rings (SSSR count). The number of ether oxygens (including phenoxy) is 1. The van der Waals surface area contributed by atoms with E-state index in [-0.39, 0.29) is 29.6 Å². The molecule has 2 aliphatic rings. The van der Waals surface area contributed by atoms with Crippen molar-refractivity contribution in [2.45, 2.75) is 88.2 Å². The second-order valence-corrected chi connectivity index (χ2v) is 13.5. The van der Waals surface area contributed by atoms with Crippen LogP contribution in [-0.4, -0.2) is 106 Å². The Morgan fingerprint density at radius 3 is 2.14 bits per heavy atom. The van der Waals surface area contributed by atoms with Crippen molar-refractivity contribution < 1.29 is 68.8 Å². The summed E-state index contributed by atoms with van der Waals surface area (Å²) < 4.78 is 112. The van der Waals surface area contributed by atoms with E-state index in [4.69, 9.17) is 24.5 Å². The van der Waals surface area contributed by atoms with E-state index in [1.54, 1.807) is 20.0 Å². The van der Waals surface area contributed by atoms with E-state index in [0.717, 1.165) is 41.2 Å². The van der Waals surface area contributed by atoms with E-state index in [2.05, 4.69) is 41.3 Å². The Morgan fingerprint density at radius 1 is 1.00 bits per heavy atom. The molecule has 1 aliphatic heterocycles. The fourth-order valence-electron chi connectivity index (χ4n) is 6.15. The van der Waals surface area contributed by atoms with Crippen LogP contribution in [0.25, 0.3) is 22.3 Å². The average molecular weight is 836 g/mol. The van der Waals surface area contributed by atoms with Gasteiger partial charge < -0.3 is 25.3 Å². The first-order chi connectivity index (χ1) is 26.9. The van der Waals surface area contributed by atoms with Gasteiger partial charge in [-0.05, 0) is 51.7 Å². The maximum atomic E-state index is 13.5. The van der Waals surface area contributed by atoms with E-state index < -0.39 is 47.6 Å². The molecule has 4 aromatic heterocycles. The summed E-state index contributed by atoms with van der Waals surface area (Å²) in [5.74, 6) is -6.33. The van der Waals surface area contributed by atoms with Crippen LogP contribution in [0.15, 0.2) is 43.1 Å². The first-order valence-corrected chi connectivity index (χ1v) is 17.0. The lowest BCUT2D eigenvalue weighted by atomic mass is 9.82. The van der Waals surface area contributed by atoms with Crippen molar-refractivity contribution >= 4 is 28.9 Å². The number of aromatic amines is 1. The lowest BCUT2D eigenvalue weighted by molar-refractivity contribution is -0.193. The molecule has 1 aliphatic carbocycles. The number of aromatic nitrogens is 6. The highest BCUT2D eigenvalue weighted by Crippen LogP contribution is 2.39. The number of nitrogens with zero attached hydrogens (tertiary/aromatic N) is 7. The predicted molar refractivity (Wildman–Crippen MR) is 181 cm³/mol. The predicted octanol–water partition coefficient (Wildman–Crippen LogP) is 5.95. The topological polar surface area (TPSA) is 212 Å². The number of rotatable bonds is 8. The van der Waals surface area contributed by atoms with E-state index in [1.807, 2.05) is 23.1 Å². The number of amides is 1. The molecular formula is C34H34F9N9O6. The van der Waals surface area contributed by atoms with Crippen molar-refractivity contribution in [3.05, 3.63) is 54.4 Å². The molecule has 1 amide bonds. The number of alkyl halides is 9. The number of carboxylic acid groups (broad SMARTS) is 2. The molecule has 0 radical (unpaired) electrons. The Morgan fingerprint density at radius 2 is 1.60 bits per heavy atom. The number of carbonyl (C=O) groups excluding carboxylic acids is 1. The Balaban J connectivity index is 0.000000456. The van der Waals surface area contributed by atoms with Gasteiger partial charge >= 0.3 is 30.5 Å². The molecule has 2 fully saturated rings. The summed E-state index contributed by atoms with van der Waals surface area (Å²) in [6.07, 6.45) is -5.05. The molecule has 4 aromatic rings. The van der Waals surface area contributed by atoms with Crippen molar-refractivity contribution in [1.29, 1.82) is 5.26 Å². The first-order valence-electron chi connectivity index (χ1n) is 17.0. The lowest BCUT2D eigenvalue weighted by Gasteiger charge is -2.53. The summed E-state index contributed by atoms with van der Waals surface area (Å²) in [4.78, 5) is 48.0. The zero-order valence-corrected chi connectivity index (χ0v) is 30.3. The number of carboxylic acids is 2. The summed E-state index contributed by atoms with van der Waals surface area (Å²) in [5.41, 5.74) is 0.596. The third-order valence-electron chi connectivity index (χ3n) is 8.81. The van der Waals surface area contributed by atoms with Crippen LogP contribution < -0.4 is 10.1 Å². The molecule has 1 saturated carbocycles. The minimum absolute atomic E-state index is 0.141. The van der Waals surface area contributed by atoms with E-state index in [1.165, 1.54) is 12.4 Å². The van der Waals surface area contributed by atoms with E-state index >= 15 is 0 Å². The van der Waals surface area contributed by atoms with Crippen LogP contribution in [0.5, 0.6) is 5.88 Å². The second kappa shape index (κ2) is 17.7. The smallest absolute Gasteiger partial charge is 0.475 e. The summed E-state index contributed by atoms with van der Waals surface area (Å²) in [6, 6.07) is 6.28. The van der Waals surface area contributed by atoms with Gasteiger partial charge in [0.2, 0.25) is 5.88 Å². The standard InChI is InChI=1S/C30H32F3N9O2.2C2HF3O2/c1-18(2)39-28(43)19-11-24(30(31,32)33)40-25(12-19)44-22-5-3-21(4-6-22)41-15-29(16-41,8-9-34)42-14-20(13-38-42)26-23-7-10-35-27(23)37-17-36-26;2*3-2(4,5)1(6)7/h7,10-14,17-18,21-22H,3-6,8,15-16H2,1-2H3,(H,39,43)(H,35,36,37);2*(H,6,7)/t21-,22+;;.